The van der Waals surface area contributed by atoms with E-state index in [0.717, 1.165) is 0 Å². The van der Waals surface area contributed by atoms with Gasteiger partial charge in [0.1, 0.15) is 0 Å². The molecule has 292 valence electrons. The van der Waals surface area contributed by atoms with Gasteiger partial charge in [0.15, 0.2) is 0 Å². The van der Waals surface area contributed by atoms with Gasteiger partial charge >= 0.3 is 0 Å². The smallest absolute Gasteiger partial charge is 0.0541 e. The van der Waals surface area contributed by atoms with Crippen LogP contribution < -0.4 is 0 Å². The first-order chi connectivity index (χ1) is 31.2. The van der Waals surface area contributed by atoms with Crippen LogP contribution in [0.15, 0.2) is 218 Å². The maximum atomic E-state index is 2.49. The second-order valence-electron chi connectivity index (χ2n) is 16.8. The van der Waals surface area contributed by atoms with E-state index in [4.69, 9.17) is 0 Å². The molecule has 0 saturated carbocycles. The van der Waals surface area contributed by atoms with Gasteiger partial charge in [0.05, 0.1) is 22.1 Å². The summed E-state index contributed by atoms with van der Waals surface area (Å²) >= 11 is 1.90. The Balaban J connectivity index is 0.989. The third kappa shape index (κ3) is 5.06. The highest BCUT2D eigenvalue weighted by Crippen LogP contribution is 2.46. The van der Waals surface area contributed by atoms with E-state index in [2.05, 4.69) is 228 Å². The minimum Gasteiger partial charge on any atom is -0.309 e. The van der Waals surface area contributed by atoms with Crippen molar-refractivity contribution in [2.45, 2.75) is 0 Å². The summed E-state index contributed by atoms with van der Waals surface area (Å²) in [6.45, 7) is 0. The van der Waals surface area contributed by atoms with Crippen molar-refractivity contribution < 1.29 is 0 Å². The Morgan fingerprint density at radius 2 is 0.698 bits per heavy atom. The van der Waals surface area contributed by atoms with Crippen LogP contribution in [0.25, 0.3) is 130 Å². The Labute approximate surface area is 366 Å². The molecular weight excluding hydrogens is 781 g/mol. The minimum atomic E-state index is 1.17. The summed E-state index contributed by atoms with van der Waals surface area (Å²) in [5, 5.41) is 15.3. The molecule has 0 N–H and O–H groups in total. The Bertz CT molecular complexity index is 4170. The van der Waals surface area contributed by atoms with Crippen LogP contribution in [0.3, 0.4) is 0 Å². The van der Waals surface area contributed by atoms with Crippen LogP contribution in [0.1, 0.15) is 0 Å². The molecule has 3 heteroatoms. The summed E-state index contributed by atoms with van der Waals surface area (Å²) in [5.74, 6) is 0. The monoisotopic (exact) mass is 816 g/mol. The molecule has 0 saturated heterocycles. The molecule has 0 atom stereocenters. The molecule has 0 aliphatic carbocycles. The molecule has 0 bridgehead atoms. The highest BCUT2D eigenvalue weighted by Gasteiger charge is 2.20. The van der Waals surface area contributed by atoms with E-state index >= 15 is 0 Å². The number of fused-ring (bicyclic) bond motifs is 15. The van der Waals surface area contributed by atoms with Gasteiger partial charge in [0.2, 0.25) is 0 Å². The van der Waals surface area contributed by atoms with Gasteiger partial charge in [-0.2, -0.15) is 0 Å². The number of hydrogen-bond donors (Lipinski definition) is 0. The average molecular weight is 817 g/mol. The lowest BCUT2D eigenvalue weighted by molar-refractivity contribution is 1.18. The first kappa shape index (κ1) is 34.7. The normalized spacial score (nSPS) is 12.1. The molecule has 0 amide bonds. The SMILES string of the molecule is c1ccc(-n2c3ccccc3c3cc(-c4ccc5c(c4)c4ccccc4n5-c4cc(-c5ccc6c7ccccc7c7ccccc7c6c5)c5sc6ccccc6c5c4)ccc32)cc1. The fourth-order valence-electron chi connectivity index (χ4n) is 10.7. The zero-order valence-corrected chi connectivity index (χ0v) is 34.9. The largest absolute Gasteiger partial charge is 0.309 e. The van der Waals surface area contributed by atoms with E-state index in [1.165, 1.54) is 130 Å². The van der Waals surface area contributed by atoms with Crippen LogP contribution in [0.4, 0.5) is 0 Å². The second kappa shape index (κ2) is 13.3. The van der Waals surface area contributed by atoms with Crippen molar-refractivity contribution in [3.8, 4) is 33.6 Å². The molecule has 0 unspecified atom stereocenters. The summed E-state index contributed by atoms with van der Waals surface area (Å²) < 4.78 is 7.50. The average Bonchev–Trinajstić information content (AvgIpc) is 4.01. The first-order valence-electron chi connectivity index (χ1n) is 21.7. The summed E-state index contributed by atoms with van der Waals surface area (Å²) in [7, 11) is 0. The fraction of sp³-hybridized carbons (Fsp3) is 0. The van der Waals surface area contributed by atoms with Crippen molar-refractivity contribution >= 4 is 107 Å². The zero-order chi connectivity index (χ0) is 41.2. The number of hydrogen-bond acceptors (Lipinski definition) is 1. The lowest BCUT2D eigenvalue weighted by atomic mass is 9.91. The van der Waals surface area contributed by atoms with E-state index in [0.29, 0.717) is 0 Å². The highest BCUT2D eigenvalue weighted by atomic mass is 32.1. The third-order valence-corrected chi connectivity index (χ3v) is 14.7. The molecule has 11 aromatic carbocycles. The van der Waals surface area contributed by atoms with E-state index in [1.54, 1.807) is 0 Å². The number of aromatic nitrogens is 2. The predicted molar refractivity (Wildman–Crippen MR) is 271 cm³/mol. The van der Waals surface area contributed by atoms with Gasteiger partial charge in [0, 0.05) is 58.7 Å². The molecule has 0 aliphatic rings. The molecule has 3 heterocycles. The number of rotatable bonds is 4. The van der Waals surface area contributed by atoms with Gasteiger partial charge in [-0.3, -0.25) is 0 Å². The van der Waals surface area contributed by atoms with Gasteiger partial charge in [-0.15, -0.1) is 11.3 Å². The van der Waals surface area contributed by atoms with Crippen molar-refractivity contribution in [1.29, 1.82) is 0 Å². The Kier molecular flexibility index (Phi) is 7.30. The summed E-state index contributed by atoms with van der Waals surface area (Å²) in [6.07, 6.45) is 0. The number of nitrogens with zero attached hydrogens (tertiary/aromatic N) is 2. The van der Waals surface area contributed by atoms with Gasteiger partial charge in [-0.05, 0) is 122 Å². The number of thiophene rings is 1. The molecule has 2 nitrogen and oxygen atoms in total. The van der Waals surface area contributed by atoms with Gasteiger partial charge in [0.25, 0.3) is 0 Å². The maximum Gasteiger partial charge on any atom is 0.0541 e. The van der Waals surface area contributed by atoms with Crippen LogP contribution >= 0.6 is 11.3 Å². The lowest BCUT2D eigenvalue weighted by Crippen LogP contribution is -1.95. The van der Waals surface area contributed by atoms with Crippen LogP contribution in [-0.4, -0.2) is 9.13 Å². The van der Waals surface area contributed by atoms with E-state index in [9.17, 15) is 0 Å². The highest BCUT2D eigenvalue weighted by molar-refractivity contribution is 7.26. The van der Waals surface area contributed by atoms with Crippen LogP contribution in [0.2, 0.25) is 0 Å². The summed E-state index contributed by atoms with van der Waals surface area (Å²) in [4.78, 5) is 0. The van der Waals surface area contributed by atoms with Crippen LogP contribution in [0.5, 0.6) is 0 Å². The standard InChI is InChI=1S/C60H36N2S/c1-2-14-40(15-3-1)61-55-23-11-8-20-47(55)52-32-37(27-30-57(52)61)38-28-31-58-53(33-38)48-21-9-12-24-56(48)62(58)41-35-50(60-54(36-41)49-22-10-13-25-59(49)63-60)39-26-29-46-44-18-5-4-16-42(44)43-17-6-7-19-45(43)51(46)34-39/h1-36H. The molecule has 63 heavy (non-hydrogen) atoms. The lowest BCUT2D eigenvalue weighted by Gasteiger charge is -2.15. The van der Waals surface area contributed by atoms with E-state index < -0.39 is 0 Å². The number of para-hydroxylation sites is 3. The van der Waals surface area contributed by atoms with Gasteiger partial charge in [-0.1, -0.05) is 146 Å². The van der Waals surface area contributed by atoms with Gasteiger partial charge in [-0.25, -0.2) is 0 Å². The Morgan fingerprint density at radius 3 is 1.32 bits per heavy atom. The minimum absolute atomic E-state index is 1.17. The molecule has 0 fully saturated rings. The van der Waals surface area contributed by atoms with E-state index in [1.807, 2.05) is 11.3 Å². The van der Waals surface area contributed by atoms with Crippen LogP contribution in [0, 0.1) is 0 Å². The van der Waals surface area contributed by atoms with Crippen molar-refractivity contribution in [3.63, 3.8) is 0 Å². The van der Waals surface area contributed by atoms with Crippen molar-refractivity contribution in [1.82, 2.24) is 9.13 Å². The zero-order valence-electron chi connectivity index (χ0n) is 34.1. The molecule has 0 aliphatic heterocycles. The van der Waals surface area contributed by atoms with Crippen LogP contribution in [-0.2, 0) is 0 Å². The Morgan fingerprint density at radius 1 is 0.254 bits per heavy atom. The summed E-state index contributed by atoms with van der Waals surface area (Å²) in [5.41, 5.74) is 12.1. The van der Waals surface area contributed by atoms with Crippen molar-refractivity contribution in [3.05, 3.63) is 218 Å². The fourth-order valence-corrected chi connectivity index (χ4v) is 11.9. The molecule has 0 spiro atoms. The molecule has 0 radical (unpaired) electrons. The molecule has 14 rings (SSSR count). The first-order valence-corrected chi connectivity index (χ1v) is 22.5. The second-order valence-corrected chi connectivity index (χ2v) is 17.9. The summed E-state index contributed by atoms with van der Waals surface area (Å²) in [6, 6.07) is 81.0. The topological polar surface area (TPSA) is 9.86 Å². The molecule has 14 aromatic rings. The quantitative estimate of drug-likeness (QED) is 0.157. The Hall–Kier alpha value is -7.98. The van der Waals surface area contributed by atoms with Gasteiger partial charge < -0.3 is 9.13 Å². The molecule has 3 aromatic heterocycles. The van der Waals surface area contributed by atoms with Crippen molar-refractivity contribution in [2.75, 3.05) is 0 Å². The molecular formula is C60H36N2S. The third-order valence-electron chi connectivity index (χ3n) is 13.5. The maximum absolute atomic E-state index is 2.49. The number of benzene rings is 11. The predicted octanol–water partition coefficient (Wildman–Crippen LogP) is 17.0. The van der Waals surface area contributed by atoms with E-state index in [-0.39, 0.29) is 0 Å². The van der Waals surface area contributed by atoms with Crippen molar-refractivity contribution in [2.24, 2.45) is 0 Å².